The molecule has 0 atom stereocenters. The molecule has 0 aromatic rings. The minimum Gasteiger partial charge on any atom is -0.481 e. The number of carboxylic acid groups (broad SMARTS) is 2. The van der Waals surface area contributed by atoms with Crippen LogP contribution >= 0.6 is 0 Å². The lowest BCUT2D eigenvalue weighted by molar-refractivity contribution is -0.139. The SMILES string of the molecule is CC.O=C(O)CCC(=O)CC(=O)CCC(=O)O. The number of ketones is 2. The molecule has 0 saturated heterocycles. The Kier molecular flexibility index (Phi) is 11.2. The molecule has 0 aliphatic carbocycles. The van der Waals surface area contributed by atoms with Crippen LogP contribution < -0.4 is 0 Å². The Bertz CT molecular complexity index is 254. The van der Waals surface area contributed by atoms with Gasteiger partial charge in [0.1, 0.15) is 11.6 Å². The first-order chi connectivity index (χ1) is 7.91. The first kappa shape index (κ1) is 17.7. The molecule has 17 heavy (non-hydrogen) atoms. The van der Waals surface area contributed by atoms with Gasteiger partial charge in [-0.25, -0.2) is 0 Å². The monoisotopic (exact) mass is 246 g/mol. The lowest BCUT2D eigenvalue weighted by Crippen LogP contribution is -2.11. The zero-order chi connectivity index (χ0) is 13.8. The van der Waals surface area contributed by atoms with Crippen LogP contribution in [0.3, 0.4) is 0 Å². The number of carbonyl (C=O) groups excluding carboxylic acids is 2. The zero-order valence-electron chi connectivity index (χ0n) is 10.1. The number of Topliss-reactive ketones (excluding diaryl/α,β-unsaturated/α-hetero) is 2. The molecule has 0 unspecified atom stereocenters. The number of hydrogen-bond donors (Lipinski definition) is 2. The number of rotatable bonds is 8. The Morgan fingerprint density at radius 2 is 1.00 bits per heavy atom. The summed E-state index contributed by atoms with van der Waals surface area (Å²) in [6.07, 6.45) is -1.35. The molecule has 2 N–H and O–H groups in total. The predicted octanol–water partition coefficient (Wildman–Crippen LogP) is 1.27. The molecule has 0 radical (unpaired) electrons. The minimum absolute atomic E-state index is 0.186. The van der Waals surface area contributed by atoms with E-state index in [-0.39, 0.29) is 32.1 Å². The van der Waals surface area contributed by atoms with Crippen LogP contribution in [0.2, 0.25) is 0 Å². The number of carbonyl (C=O) groups is 4. The Balaban J connectivity index is 0. The lowest BCUT2D eigenvalue weighted by atomic mass is 10.1. The summed E-state index contributed by atoms with van der Waals surface area (Å²) in [4.78, 5) is 42.1. The van der Waals surface area contributed by atoms with Crippen LogP contribution in [0.1, 0.15) is 46.0 Å². The summed E-state index contributed by atoms with van der Waals surface area (Å²) in [5, 5.41) is 16.5. The average molecular weight is 246 g/mol. The Morgan fingerprint density at radius 3 is 1.24 bits per heavy atom. The molecule has 0 aliphatic rings. The fourth-order valence-electron chi connectivity index (χ4n) is 0.889. The molecule has 0 fully saturated rings. The molecule has 6 nitrogen and oxygen atoms in total. The van der Waals surface area contributed by atoms with Gasteiger partial charge in [-0.05, 0) is 0 Å². The number of hydrogen-bond acceptors (Lipinski definition) is 4. The van der Waals surface area contributed by atoms with Crippen molar-refractivity contribution in [2.24, 2.45) is 0 Å². The smallest absolute Gasteiger partial charge is 0.303 e. The fraction of sp³-hybridized carbons (Fsp3) is 0.636. The van der Waals surface area contributed by atoms with Gasteiger partial charge < -0.3 is 10.2 Å². The van der Waals surface area contributed by atoms with Crippen molar-refractivity contribution in [1.82, 2.24) is 0 Å². The number of carboxylic acids is 2. The molecular weight excluding hydrogens is 228 g/mol. The quantitative estimate of drug-likeness (QED) is 0.624. The summed E-state index contributed by atoms with van der Waals surface area (Å²) >= 11 is 0. The van der Waals surface area contributed by atoms with Crippen molar-refractivity contribution in [3.8, 4) is 0 Å². The topological polar surface area (TPSA) is 109 Å². The van der Waals surface area contributed by atoms with E-state index >= 15 is 0 Å². The van der Waals surface area contributed by atoms with Crippen LogP contribution in [0.15, 0.2) is 0 Å². The molecule has 0 amide bonds. The minimum atomic E-state index is -1.10. The highest BCUT2D eigenvalue weighted by Gasteiger charge is 2.12. The van der Waals surface area contributed by atoms with Crippen LogP contribution in [0.25, 0.3) is 0 Å². The van der Waals surface area contributed by atoms with E-state index < -0.39 is 23.5 Å². The molecule has 0 aromatic carbocycles. The van der Waals surface area contributed by atoms with E-state index in [1.54, 1.807) is 0 Å². The van der Waals surface area contributed by atoms with E-state index in [0.717, 1.165) is 0 Å². The third kappa shape index (κ3) is 14.3. The van der Waals surface area contributed by atoms with Crippen molar-refractivity contribution < 1.29 is 29.4 Å². The van der Waals surface area contributed by atoms with Crippen molar-refractivity contribution in [3.63, 3.8) is 0 Å². The van der Waals surface area contributed by atoms with Gasteiger partial charge in [-0.2, -0.15) is 0 Å². The lowest BCUT2D eigenvalue weighted by Gasteiger charge is -1.97. The van der Waals surface area contributed by atoms with Gasteiger partial charge in [0.05, 0.1) is 19.3 Å². The van der Waals surface area contributed by atoms with Crippen molar-refractivity contribution >= 4 is 23.5 Å². The molecule has 0 bridgehead atoms. The van der Waals surface area contributed by atoms with E-state index in [4.69, 9.17) is 10.2 Å². The Morgan fingerprint density at radius 1 is 0.706 bits per heavy atom. The second-order valence-electron chi connectivity index (χ2n) is 3.04. The second kappa shape index (κ2) is 10.8. The first-order valence-electron chi connectivity index (χ1n) is 5.39. The standard InChI is InChI=1S/C9H12O6.C2H6/c10-6(1-3-8(12)13)5-7(11)2-4-9(14)15;1-2/h1-5H2,(H,12,13)(H,14,15);1-2H3. The summed E-state index contributed by atoms with van der Waals surface area (Å²) in [7, 11) is 0. The largest absolute Gasteiger partial charge is 0.481 e. The number of aliphatic carboxylic acids is 2. The van der Waals surface area contributed by atoms with Crippen LogP contribution in [0, 0.1) is 0 Å². The zero-order valence-corrected chi connectivity index (χ0v) is 10.1. The highest BCUT2D eigenvalue weighted by molar-refractivity contribution is 6.00. The van der Waals surface area contributed by atoms with Gasteiger partial charge in [-0.1, -0.05) is 13.8 Å². The van der Waals surface area contributed by atoms with Crippen molar-refractivity contribution in [3.05, 3.63) is 0 Å². The maximum Gasteiger partial charge on any atom is 0.303 e. The third-order valence-electron chi connectivity index (χ3n) is 1.63. The summed E-state index contributed by atoms with van der Waals surface area (Å²) in [6, 6.07) is 0. The van der Waals surface area contributed by atoms with Gasteiger partial charge in [0.25, 0.3) is 0 Å². The normalized spacial score (nSPS) is 8.82. The van der Waals surface area contributed by atoms with Gasteiger partial charge in [0, 0.05) is 12.8 Å². The van der Waals surface area contributed by atoms with Gasteiger partial charge in [0.2, 0.25) is 0 Å². The maximum absolute atomic E-state index is 11.0. The van der Waals surface area contributed by atoms with E-state index in [1.807, 2.05) is 13.8 Å². The van der Waals surface area contributed by atoms with Crippen molar-refractivity contribution in [2.75, 3.05) is 0 Å². The van der Waals surface area contributed by atoms with E-state index in [1.165, 1.54) is 0 Å². The molecule has 0 heterocycles. The van der Waals surface area contributed by atoms with Crippen LogP contribution in [-0.4, -0.2) is 33.7 Å². The first-order valence-corrected chi connectivity index (χ1v) is 5.39. The van der Waals surface area contributed by atoms with E-state index in [0.29, 0.717) is 0 Å². The van der Waals surface area contributed by atoms with Crippen LogP contribution in [-0.2, 0) is 19.2 Å². The average Bonchev–Trinajstić information content (AvgIpc) is 2.26. The van der Waals surface area contributed by atoms with Gasteiger partial charge in [-0.15, -0.1) is 0 Å². The molecule has 0 aromatic heterocycles. The van der Waals surface area contributed by atoms with E-state index in [9.17, 15) is 19.2 Å². The molecule has 6 heteroatoms. The summed E-state index contributed by atoms with van der Waals surface area (Å²) < 4.78 is 0. The molecule has 0 aliphatic heterocycles. The van der Waals surface area contributed by atoms with Crippen molar-refractivity contribution in [2.45, 2.75) is 46.0 Å². The molecule has 98 valence electrons. The third-order valence-corrected chi connectivity index (χ3v) is 1.63. The van der Waals surface area contributed by atoms with Crippen LogP contribution in [0.4, 0.5) is 0 Å². The van der Waals surface area contributed by atoms with Gasteiger partial charge >= 0.3 is 11.9 Å². The predicted molar refractivity (Wildman–Crippen MR) is 59.7 cm³/mol. The molecule has 0 saturated carbocycles. The molecular formula is C11H18O6. The van der Waals surface area contributed by atoms with Crippen molar-refractivity contribution in [1.29, 1.82) is 0 Å². The summed E-state index contributed by atoms with van der Waals surface area (Å²) in [5.41, 5.74) is 0. The van der Waals surface area contributed by atoms with Crippen LogP contribution in [0.5, 0.6) is 0 Å². The molecule has 0 rings (SSSR count). The fourth-order valence-corrected chi connectivity index (χ4v) is 0.889. The second-order valence-corrected chi connectivity index (χ2v) is 3.04. The summed E-state index contributed by atoms with van der Waals surface area (Å²) in [6.45, 7) is 4.00. The van der Waals surface area contributed by atoms with Gasteiger partial charge in [-0.3, -0.25) is 19.2 Å². The molecule has 0 spiro atoms. The summed E-state index contributed by atoms with van der Waals surface area (Å²) in [5.74, 6) is -3.12. The maximum atomic E-state index is 11.0. The Labute approximate surface area is 99.6 Å². The highest BCUT2D eigenvalue weighted by Crippen LogP contribution is 2.00. The highest BCUT2D eigenvalue weighted by atomic mass is 16.4. The van der Waals surface area contributed by atoms with Gasteiger partial charge in [0.15, 0.2) is 0 Å². The van der Waals surface area contributed by atoms with E-state index in [2.05, 4.69) is 0 Å². The Hall–Kier alpha value is -1.72.